The molecule has 0 unspecified atom stereocenters. The number of nitrogens with one attached hydrogen (secondary N) is 1. The minimum atomic E-state index is -5.00. The van der Waals surface area contributed by atoms with Crippen molar-refractivity contribution in [3.05, 3.63) is 24.4 Å². The van der Waals surface area contributed by atoms with Crippen molar-refractivity contribution in [1.82, 2.24) is 9.97 Å². The van der Waals surface area contributed by atoms with Gasteiger partial charge >= 0.3 is 6.98 Å². The predicted molar refractivity (Wildman–Crippen MR) is 44.8 cm³/mol. The van der Waals surface area contributed by atoms with E-state index in [0.29, 0.717) is 5.39 Å². The van der Waals surface area contributed by atoms with Crippen molar-refractivity contribution in [2.75, 3.05) is 0 Å². The van der Waals surface area contributed by atoms with Gasteiger partial charge in [0, 0.05) is 11.6 Å². The maximum Gasteiger partial charge on any atom is 0.527 e. The fourth-order valence-electron chi connectivity index (χ4n) is 1.13. The summed E-state index contributed by atoms with van der Waals surface area (Å²) in [6.45, 7) is -5.00. The first-order valence-corrected chi connectivity index (χ1v) is 3.71. The van der Waals surface area contributed by atoms with Crippen LogP contribution in [0.1, 0.15) is 0 Å². The van der Waals surface area contributed by atoms with E-state index in [0.717, 1.165) is 6.07 Å². The maximum absolute atomic E-state index is 12.2. The predicted octanol–water partition coefficient (Wildman–Crippen LogP) is 1.62. The van der Waals surface area contributed by atoms with E-state index >= 15 is 0 Å². The van der Waals surface area contributed by atoms with Crippen molar-refractivity contribution in [2.45, 2.75) is 0 Å². The highest BCUT2D eigenvalue weighted by atomic mass is 19.4. The number of hydrogen-bond acceptors (Lipinski definition) is 1. The van der Waals surface area contributed by atoms with Crippen LogP contribution in [0.2, 0.25) is 0 Å². The molecule has 0 saturated carbocycles. The highest BCUT2D eigenvalue weighted by Crippen LogP contribution is 2.11. The third kappa shape index (κ3) is 1.39. The van der Waals surface area contributed by atoms with Crippen LogP contribution in [0.15, 0.2) is 24.4 Å². The second-order valence-corrected chi connectivity index (χ2v) is 2.73. The van der Waals surface area contributed by atoms with Crippen LogP contribution >= 0.6 is 0 Å². The largest absolute Gasteiger partial charge is 0.527 e. The number of aromatic amines is 1. The Labute approximate surface area is 71.8 Å². The lowest BCUT2D eigenvalue weighted by atomic mass is 9.85. The van der Waals surface area contributed by atoms with E-state index in [1.807, 2.05) is 0 Å². The van der Waals surface area contributed by atoms with Crippen molar-refractivity contribution in [1.29, 1.82) is 0 Å². The summed E-state index contributed by atoms with van der Waals surface area (Å²) < 4.78 is 36.6. The Bertz CT molecular complexity index is 434. The molecule has 0 aromatic carbocycles. The zero-order valence-electron chi connectivity index (χ0n) is 6.47. The van der Waals surface area contributed by atoms with Gasteiger partial charge in [-0.2, -0.15) is 0 Å². The van der Waals surface area contributed by atoms with Crippen LogP contribution in [0.3, 0.4) is 0 Å². The van der Waals surface area contributed by atoms with Crippen LogP contribution in [0.5, 0.6) is 0 Å². The molecule has 0 atom stereocenters. The molecule has 0 bridgehead atoms. The third-order valence-electron chi connectivity index (χ3n) is 1.77. The van der Waals surface area contributed by atoms with Crippen LogP contribution in [0.25, 0.3) is 11.0 Å². The van der Waals surface area contributed by atoms with E-state index in [2.05, 4.69) is 9.97 Å². The second-order valence-electron chi connectivity index (χ2n) is 2.73. The molecule has 2 nitrogen and oxygen atoms in total. The van der Waals surface area contributed by atoms with Gasteiger partial charge in [-0.3, -0.25) is 4.98 Å². The average molecular weight is 185 g/mol. The summed E-state index contributed by atoms with van der Waals surface area (Å²) in [5.74, 6) is 0. The van der Waals surface area contributed by atoms with E-state index in [1.54, 1.807) is 12.3 Å². The van der Waals surface area contributed by atoms with E-state index in [9.17, 15) is 12.9 Å². The normalized spacial score (nSPS) is 12.2. The number of H-pyrrole nitrogens is 1. The molecule has 0 amide bonds. The molecule has 0 radical (unpaired) electrons. The molecule has 6 heteroatoms. The molecule has 0 aliphatic rings. The standard InChI is InChI=1S/C7H5BF3N2/c9-8(10,11)6-2-1-5-3-4-12-7(5)13-6/h1-4H,(H,12,13)/q-1. The maximum atomic E-state index is 12.2. The molecular formula is C7H5BF3N2-. The number of pyridine rings is 1. The van der Waals surface area contributed by atoms with Gasteiger partial charge in [-0.25, -0.2) is 0 Å². The molecule has 0 saturated heterocycles. The Balaban J connectivity index is 2.61. The monoisotopic (exact) mass is 185 g/mol. The quantitative estimate of drug-likeness (QED) is 0.671. The fraction of sp³-hybridized carbons (Fsp3) is 0. The minimum absolute atomic E-state index is 0.275. The van der Waals surface area contributed by atoms with Gasteiger partial charge in [0.15, 0.2) is 0 Å². The van der Waals surface area contributed by atoms with Gasteiger partial charge in [-0.05, 0) is 11.7 Å². The Morgan fingerprint density at radius 2 is 1.92 bits per heavy atom. The zero-order valence-corrected chi connectivity index (χ0v) is 6.47. The topological polar surface area (TPSA) is 28.7 Å². The lowest BCUT2D eigenvalue weighted by molar-refractivity contribution is 0.498. The summed E-state index contributed by atoms with van der Waals surface area (Å²) in [6.07, 6.45) is 1.56. The van der Waals surface area contributed by atoms with E-state index in [1.165, 1.54) is 6.07 Å². The van der Waals surface area contributed by atoms with E-state index in [4.69, 9.17) is 0 Å². The summed E-state index contributed by atoms with van der Waals surface area (Å²) >= 11 is 0. The summed E-state index contributed by atoms with van der Waals surface area (Å²) in [6, 6.07) is 4.08. The first-order valence-electron chi connectivity index (χ1n) is 3.71. The molecule has 0 spiro atoms. The van der Waals surface area contributed by atoms with Crippen LogP contribution in [-0.4, -0.2) is 16.9 Å². The van der Waals surface area contributed by atoms with Gasteiger partial charge in [-0.1, -0.05) is 12.1 Å². The highest BCUT2D eigenvalue weighted by Gasteiger charge is 2.27. The number of nitrogens with zero attached hydrogens (tertiary/aromatic N) is 1. The van der Waals surface area contributed by atoms with E-state index < -0.39 is 12.6 Å². The highest BCUT2D eigenvalue weighted by molar-refractivity contribution is 6.72. The van der Waals surface area contributed by atoms with Crippen molar-refractivity contribution in [3.8, 4) is 0 Å². The molecule has 1 N–H and O–H groups in total. The summed E-state index contributed by atoms with van der Waals surface area (Å²) in [4.78, 5) is 6.08. The van der Waals surface area contributed by atoms with Crippen LogP contribution < -0.4 is 5.59 Å². The first-order chi connectivity index (χ1) is 6.07. The summed E-state index contributed by atoms with van der Waals surface area (Å²) in [7, 11) is 0. The van der Waals surface area contributed by atoms with Gasteiger partial charge < -0.3 is 17.9 Å². The molecule has 2 aromatic heterocycles. The average Bonchev–Trinajstić information content (AvgIpc) is 2.47. The van der Waals surface area contributed by atoms with E-state index in [-0.39, 0.29) is 5.65 Å². The van der Waals surface area contributed by atoms with Crippen LogP contribution in [0.4, 0.5) is 12.9 Å². The Kier molecular flexibility index (Phi) is 1.58. The van der Waals surface area contributed by atoms with Crippen LogP contribution in [0, 0.1) is 0 Å². The SMILES string of the molecule is F[B-](F)(F)c1ccc2cc[nH]c2n1. The number of aromatic nitrogens is 2. The van der Waals surface area contributed by atoms with Gasteiger partial charge in [0.1, 0.15) is 5.65 Å². The number of hydrogen-bond donors (Lipinski definition) is 1. The van der Waals surface area contributed by atoms with Crippen molar-refractivity contribution >= 4 is 23.6 Å². The lowest BCUT2D eigenvalue weighted by Gasteiger charge is -2.12. The molecule has 0 aliphatic heterocycles. The molecule has 2 aromatic rings. The molecule has 0 aliphatic carbocycles. The molecule has 2 rings (SSSR count). The smallest absolute Gasteiger partial charge is 0.444 e. The minimum Gasteiger partial charge on any atom is -0.444 e. The lowest BCUT2D eigenvalue weighted by Crippen LogP contribution is -2.36. The van der Waals surface area contributed by atoms with Gasteiger partial charge in [0.05, 0.1) is 0 Å². The molecule has 13 heavy (non-hydrogen) atoms. The van der Waals surface area contributed by atoms with Gasteiger partial charge in [0.2, 0.25) is 0 Å². The third-order valence-corrected chi connectivity index (χ3v) is 1.77. The Morgan fingerprint density at radius 3 is 2.62 bits per heavy atom. The first kappa shape index (κ1) is 8.16. The zero-order chi connectivity index (χ0) is 9.47. The number of halogens is 3. The summed E-state index contributed by atoms with van der Waals surface area (Å²) in [5, 5.41) is 0.684. The number of fused-ring (bicyclic) bond motifs is 1. The molecular weight excluding hydrogens is 180 g/mol. The van der Waals surface area contributed by atoms with Crippen molar-refractivity contribution in [2.24, 2.45) is 0 Å². The summed E-state index contributed by atoms with van der Waals surface area (Å²) in [5.41, 5.74) is -0.536. The number of rotatable bonds is 1. The molecule has 2 heterocycles. The second kappa shape index (κ2) is 2.51. The fourth-order valence-corrected chi connectivity index (χ4v) is 1.13. The van der Waals surface area contributed by atoms with Crippen LogP contribution in [-0.2, 0) is 0 Å². The van der Waals surface area contributed by atoms with Crippen molar-refractivity contribution in [3.63, 3.8) is 0 Å². The Hall–Kier alpha value is -1.46. The molecule has 68 valence electrons. The molecule has 0 fully saturated rings. The van der Waals surface area contributed by atoms with Gasteiger partial charge in [-0.15, -0.1) is 0 Å². The Morgan fingerprint density at radius 1 is 1.15 bits per heavy atom. The van der Waals surface area contributed by atoms with Gasteiger partial charge in [0.25, 0.3) is 0 Å². The van der Waals surface area contributed by atoms with Crippen molar-refractivity contribution < 1.29 is 12.9 Å².